The van der Waals surface area contributed by atoms with Crippen molar-refractivity contribution < 1.29 is 9.84 Å². The minimum absolute atomic E-state index is 0.142. The highest BCUT2D eigenvalue weighted by atomic mass is 16.5. The molecule has 2 atom stereocenters. The molecule has 0 aliphatic carbocycles. The number of hydrogen-bond acceptors (Lipinski definition) is 2. The zero-order chi connectivity index (χ0) is 8.10. The molecule has 11 heavy (non-hydrogen) atoms. The molecule has 1 saturated heterocycles. The van der Waals surface area contributed by atoms with E-state index in [9.17, 15) is 0 Å². The van der Waals surface area contributed by atoms with Gasteiger partial charge in [-0.25, -0.2) is 0 Å². The van der Waals surface area contributed by atoms with Crippen LogP contribution < -0.4 is 0 Å². The summed E-state index contributed by atoms with van der Waals surface area (Å²) in [7, 11) is 0. The van der Waals surface area contributed by atoms with Crippen LogP contribution in [0.15, 0.2) is 0 Å². The molecule has 1 aliphatic rings. The summed E-state index contributed by atoms with van der Waals surface area (Å²) in [5.74, 6) is 0.707. The highest BCUT2D eigenvalue weighted by molar-refractivity contribution is 4.64. The quantitative estimate of drug-likeness (QED) is 0.675. The second kappa shape index (κ2) is 4.73. The van der Waals surface area contributed by atoms with Crippen molar-refractivity contribution in [3.05, 3.63) is 0 Å². The molecular formula is C9H18O2. The van der Waals surface area contributed by atoms with Crippen LogP contribution in [0.5, 0.6) is 0 Å². The molecule has 0 aromatic carbocycles. The van der Waals surface area contributed by atoms with Gasteiger partial charge in [-0.1, -0.05) is 0 Å². The lowest BCUT2D eigenvalue weighted by atomic mass is 9.96. The Bertz CT molecular complexity index is 95.7. The molecule has 1 fully saturated rings. The molecule has 1 unspecified atom stereocenters. The summed E-state index contributed by atoms with van der Waals surface area (Å²) in [6.45, 7) is 3.70. The lowest BCUT2D eigenvalue weighted by Gasteiger charge is -2.22. The molecule has 0 bridgehead atoms. The Morgan fingerprint density at radius 3 is 3.00 bits per heavy atom. The van der Waals surface area contributed by atoms with E-state index in [1.165, 1.54) is 12.8 Å². The Labute approximate surface area is 68.6 Å². The van der Waals surface area contributed by atoms with E-state index in [1.807, 2.05) is 6.92 Å². The number of aliphatic hydroxyl groups excluding tert-OH is 1. The van der Waals surface area contributed by atoms with Crippen molar-refractivity contribution >= 4 is 0 Å². The van der Waals surface area contributed by atoms with Crippen molar-refractivity contribution in [1.82, 2.24) is 0 Å². The molecule has 2 heteroatoms. The highest BCUT2D eigenvalue weighted by Crippen LogP contribution is 2.19. The summed E-state index contributed by atoms with van der Waals surface area (Å²) < 4.78 is 5.33. The second-order valence-corrected chi connectivity index (χ2v) is 3.51. The van der Waals surface area contributed by atoms with Crippen LogP contribution in [-0.4, -0.2) is 24.4 Å². The van der Waals surface area contributed by atoms with Crippen LogP contribution in [0, 0.1) is 5.92 Å². The fourth-order valence-corrected chi connectivity index (χ4v) is 1.51. The van der Waals surface area contributed by atoms with Crippen LogP contribution in [0.4, 0.5) is 0 Å². The molecule has 0 aromatic heterocycles. The first kappa shape index (κ1) is 9.01. The van der Waals surface area contributed by atoms with Gasteiger partial charge >= 0.3 is 0 Å². The largest absolute Gasteiger partial charge is 0.393 e. The molecular weight excluding hydrogens is 140 g/mol. The van der Waals surface area contributed by atoms with Gasteiger partial charge in [-0.05, 0) is 38.5 Å². The van der Waals surface area contributed by atoms with Gasteiger partial charge in [0.15, 0.2) is 0 Å². The molecule has 0 aromatic rings. The Morgan fingerprint density at radius 1 is 1.64 bits per heavy atom. The third kappa shape index (κ3) is 3.73. The molecule has 1 rings (SSSR count). The first-order valence-corrected chi connectivity index (χ1v) is 4.55. The summed E-state index contributed by atoms with van der Waals surface area (Å²) in [6, 6.07) is 0. The third-order valence-corrected chi connectivity index (χ3v) is 2.25. The lowest BCUT2D eigenvalue weighted by molar-refractivity contribution is 0.0453. The summed E-state index contributed by atoms with van der Waals surface area (Å²) in [6.07, 6.45) is 4.39. The van der Waals surface area contributed by atoms with Gasteiger partial charge < -0.3 is 9.84 Å². The van der Waals surface area contributed by atoms with Crippen molar-refractivity contribution in [2.24, 2.45) is 5.92 Å². The monoisotopic (exact) mass is 158 g/mol. The van der Waals surface area contributed by atoms with E-state index in [0.717, 1.165) is 26.1 Å². The van der Waals surface area contributed by atoms with Gasteiger partial charge in [-0.15, -0.1) is 0 Å². The van der Waals surface area contributed by atoms with Gasteiger partial charge in [0.05, 0.1) is 6.10 Å². The predicted octanol–water partition coefficient (Wildman–Crippen LogP) is 1.57. The number of ether oxygens (including phenoxy) is 1. The Hall–Kier alpha value is -0.0800. The number of rotatable bonds is 3. The maximum Gasteiger partial charge on any atom is 0.0512 e. The van der Waals surface area contributed by atoms with E-state index in [4.69, 9.17) is 9.84 Å². The molecule has 66 valence electrons. The molecule has 0 radical (unpaired) electrons. The van der Waals surface area contributed by atoms with Crippen LogP contribution in [0.2, 0.25) is 0 Å². The Balaban J connectivity index is 2.05. The normalized spacial score (nSPS) is 28.4. The van der Waals surface area contributed by atoms with E-state index >= 15 is 0 Å². The molecule has 1 N–H and O–H groups in total. The van der Waals surface area contributed by atoms with Crippen molar-refractivity contribution in [3.8, 4) is 0 Å². The van der Waals surface area contributed by atoms with Crippen molar-refractivity contribution in [1.29, 1.82) is 0 Å². The van der Waals surface area contributed by atoms with E-state index in [-0.39, 0.29) is 6.10 Å². The van der Waals surface area contributed by atoms with Crippen molar-refractivity contribution in [3.63, 3.8) is 0 Å². The fraction of sp³-hybridized carbons (Fsp3) is 1.00. The molecule has 0 spiro atoms. The van der Waals surface area contributed by atoms with Gasteiger partial charge in [-0.2, -0.15) is 0 Å². The van der Waals surface area contributed by atoms with E-state index < -0.39 is 0 Å². The minimum Gasteiger partial charge on any atom is -0.393 e. The molecule has 1 aliphatic heterocycles. The molecule has 0 saturated carbocycles. The summed E-state index contributed by atoms with van der Waals surface area (Å²) in [5.41, 5.74) is 0. The first-order chi connectivity index (χ1) is 5.29. The maximum absolute atomic E-state index is 9.04. The number of hydrogen-bond donors (Lipinski definition) is 1. The first-order valence-electron chi connectivity index (χ1n) is 4.55. The van der Waals surface area contributed by atoms with Gasteiger partial charge in [0.1, 0.15) is 0 Å². The average Bonchev–Trinajstić information content (AvgIpc) is 2.03. The second-order valence-electron chi connectivity index (χ2n) is 3.51. The zero-order valence-corrected chi connectivity index (χ0v) is 7.25. The van der Waals surface area contributed by atoms with Gasteiger partial charge in [0, 0.05) is 13.2 Å². The number of aliphatic hydroxyl groups is 1. The molecule has 1 heterocycles. The summed E-state index contributed by atoms with van der Waals surface area (Å²) in [4.78, 5) is 0. The van der Waals surface area contributed by atoms with E-state index in [1.54, 1.807) is 0 Å². The Morgan fingerprint density at radius 2 is 2.45 bits per heavy atom. The Kier molecular flexibility index (Phi) is 3.87. The maximum atomic E-state index is 9.04. The van der Waals surface area contributed by atoms with Crippen LogP contribution in [-0.2, 0) is 4.74 Å². The molecule has 0 amide bonds. The topological polar surface area (TPSA) is 29.5 Å². The SMILES string of the molecule is C[C@H](O)CCC1CCCOC1. The zero-order valence-electron chi connectivity index (χ0n) is 7.25. The standard InChI is InChI=1S/C9H18O2/c1-8(10)4-5-9-3-2-6-11-7-9/h8-10H,2-7H2,1H3/t8-,9?/m0/s1. The van der Waals surface area contributed by atoms with Crippen LogP contribution >= 0.6 is 0 Å². The fourth-order valence-electron chi connectivity index (χ4n) is 1.51. The van der Waals surface area contributed by atoms with Crippen molar-refractivity contribution in [2.75, 3.05) is 13.2 Å². The van der Waals surface area contributed by atoms with Crippen molar-refractivity contribution in [2.45, 2.75) is 38.7 Å². The average molecular weight is 158 g/mol. The van der Waals surface area contributed by atoms with Gasteiger partial charge in [0.25, 0.3) is 0 Å². The molecule has 2 nitrogen and oxygen atoms in total. The predicted molar refractivity (Wildman–Crippen MR) is 44.5 cm³/mol. The van der Waals surface area contributed by atoms with Crippen LogP contribution in [0.3, 0.4) is 0 Å². The van der Waals surface area contributed by atoms with E-state index in [0.29, 0.717) is 5.92 Å². The third-order valence-electron chi connectivity index (χ3n) is 2.25. The van der Waals surface area contributed by atoms with Crippen LogP contribution in [0.1, 0.15) is 32.6 Å². The highest BCUT2D eigenvalue weighted by Gasteiger charge is 2.13. The summed E-state index contributed by atoms with van der Waals surface area (Å²) in [5, 5.41) is 9.04. The summed E-state index contributed by atoms with van der Waals surface area (Å²) >= 11 is 0. The lowest BCUT2D eigenvalue weighted by Crippen LogP contribution is -2.18. The minimum atomic E-state index is -0.142. The smallest absolute Gasteiger partial charge is 0.0512 e. The van der Waals surface area contributed by atoms with Crippen LogP contribution in [0.25, 0.3) is 0 Å². The van der Waals surface area contributed by atoms with Gasteiger partial charge in [0.2, 0.25) is 0 Å². The van der Waals surface area contributed by atoms with E-state index in [2.05, 4.69) is 0 Å². The van der Waals surface area contributed by atoms with Gasteiger partial charge in [-0.3, -0.25) is 0 Å².